The number of aldehydes is 1. The molecule has 0 spiro atoms. The third-order valence-corrected chi connectivity index (χ3v) is 1.73. The van der Waals surface area contributed by atoms with Gasteiger partial charge in [-0.15, -0.1) is 0 Å². The van der Waals surface area contributed by atoms with Gasteiger partial charge >= 0.3 is 6.18 Å². The van der Waals surface area contributed by atoms with E-state index >= 15 is 0 Å². The highest BCUT2D eigenvalue weighted by Gasteiger charge is 2.28. The fourth-order valence-electron chi connectivity index (χ4n) is 0.902. The van der Waals surface area contributed by atoms with E-state index in [1.54, 1.807) is 0 Å². The molecule has 0 heterocycles. The summed E-state index contributed by atoms with van der Waals surface area (Å²) in [6.45, 7) is -1.44. The van der Waals surface area contributed by atoms with Gasteiger partial charge in [-0.25, -0.2) is 0 Å². The fraction of sp³-hybridized carbons (Fsp3) is 0.222. The second-order valence-electron chi connectivity index (χ2n) is 2.70. The van der Waals surface area contributed by atoms with Crippen LogP contribution >= 0.6 is 11.6 Å². The highest BCUT2D eigenvalue weighted by molar-refractivity contribution is 6.30. The second kappa shape index (κ2) is 4.53. The number of hydrogen-bond acceptors (Lipinski definition) is 2. The van der Waals surface area contributed by atoms with Gasteiger partial charge in [0.2, 0.25) is 0 Å². The summed E-state index contributed by atoms with van der Waals surface area (Å²) >= 11 is 5.55. The summed E-state index contributed by atoms with van der Waals surface area (Å²) in [6, 6.07) is 3.80. The summed E-state index contributed by atoms with van der Waals surface area (Å²) in [5, 5.41) is 0.261. The lowest BCUT2D eigenvalue weighted by Gasteiger charge is -2.10. The first-order valence-corrected chi connectivity index (χ1v) is 4.24. The molecule has 0 amide bonds. The minimum atomic E-state index is -4.43. The van der Waals surface area contributed by atoms with Gasteiger partial charge in [-0.05, 0) is 18.2 Å². The van der Waals surface area contributed by atoms with Crippen molar-refractivity contribution in [1.82, 2.24) is 0 Å². The van der Waals surface area contributed by atoms with Crippen molar-refractivity contribution in [2.24, 2.45) is 0 Å². The summed E-state index contributed by atoms with van der Waals surface area (Å²) in [6.07, 6.45) is -4.04. The lowest BCUT2D eigenvalue weighted by atomic mass is 10.2. The Labute approximate surface area is 88.6 Å². The quantitative estimate of drug-likeness (QED) is 0.757. The zero-order valence-electron chi connectivity index (χ0n) is 7.34. The van der Waals surface area contributed by atoms with Gasteiger partial charge < -0.3 is 4.74 Å². The largest absolute Gasteiger partial charge is 0.483 e. The zero-order valence-corrected chi connectivity index (χ0v) is 8.10. The van der Waals surface area contributed by atoms with E-state index in [0.29, 0.717) is 6.29 Å². The summed E-state index contributed by atoms with van der Waals surface area (Å²) in [5.74, 6) is -0.133. The van der Waals surface area contributed by atoms with E-state index in [1.165, 1.54) is 18.2 Å². The average Bonchev–Trinajstić information content (AvgIpc) is 2.14. The Morgan fingerprint density at radius 1 is 1.40 bits per heavy atom. The Hall–Kier alpha value is -1.23. The Kier molecular flexibility index (Phi) is 3.57. The van der Waals surface area contributed by atoms with Crippen molar-refractivity contribution >= 4 is 17.9 Å². The van der Waals surface area contributed by atoms with E-state index in [1.807, 2.05) is 0 Å². The average molecular weight is 239 g/mol. The van der Waals surface area contributed by atoms with Crippen LogP contribution in [-0.4, -0.2) is 19.1 Å². The van der Waals surface area contributed by atoms with E-state index in [-0.39, 0.29) is 16.3 Å². The van der Waals surface area contributed by atoms with Crippen molar-refractivity contribution in [3.8, 4) is 5.75 Å². The summed E-state index contributed by atoms with van der Waals surface area (Å²) < 4.78 is 39.9. The summed E-state index contributed by atoms with van der Waals surface area (Å²) in [7, 11) is 0. The van der Waals surface area contributed by atoms with Crippen LogP contribution < -0.4 is 4.74 Å². The topological polar surface area (TPSA) is 26.3 Å². The number of carbonyl (C=O) groups is 1. The van der Waals surface area contributed by atoms with Crippen molar-refractivity contribution in [1.29, 1.82) is 0 Å². The van der Waals surface area contributed by atoms with Crippen LogP contribution in [0.25, 0.3) is 0 Å². The highest BCUT2D eigenvalue weighted by atomic mass is 35.5. The summed E-state index contributed by atoms with van der Waals surface area (Å²) in [5.41, 5.74) is -0.00764. The van der Waals surface area contributed by atoms with Gasteiger partial charge in [0.1, 0.15) is 5.75 Å². The maximum Gasteiger partial charge on any atom is 0.422 e. The molecular formula is C9H6ClF3O2. The molecule has 82 valence electrons. The molecule has 0 saturated carbocycles. The molecular weight excluding hydrogens is 233 g/mol. The predicted octanol–water partition coefficient (Wildman–Crippen LogP) is 3.09. The smallest absolute Gasteiger partial charge is 0.422 e. The van der Waals surface area contributed by atoms with Crippen molar-refractivity contribution in [3.63, 3.8) is 0 Å². The molecule has 0 fully saturated rings. The second-order valence-corrected chi connectivity index (χ2v) is 3.14. The van der Waals surface area contributed by atoms with Gasteiger partial charge in [-0.1, -0.05) is 11.6 Å². The van der Waals surface area contributed by atoms with Gasteiger partial charge in [0, 0.05) is 5.02 Å². The summed E-state index contributed by atoms with van der Waals surface area (Å²) in [4.78, 5) is 10.5. The third kappa shape index (κ3) is 3.79. The lowest BCUT2D eigenvalue weighted by molar-refractivity contribution is -0.153. The van der Waals surface area contributed by atoms with Crippen LogP contribution in [0.3, 0.4) is 0 Å². The molecule has 0 aliphatic carbocycles. The van der Waals surface area contributed by atoms with Crippen LogP contribution in [0.15, 0.2) is 18.2 Å². The number of carbonyl (C=O) groups excluding carboxylic acids is 1. The molecule has 0 aliphatic heterocycles. The monoisotopic (exact) mass is 238 g/mol. The van der Waals surface area contributed by atoms with Crippen molar-refractivity contribution in [3.05, 3.63) is 28.8 Å². The van der Waals surface area contributed by atoms with Crippen LogP contribution in [0.5, 0.6) is 5.75 Å². The number of benzene rings is 1. The lowest BCUT2D eigenvalue weighted by Crippen LogP contribution is -2.19. The first kappa shape index (κ1) is 11.8. The Morgan fingerprint density at radius 3 is 2.60 bits per heavy atom. The number of alkyl halides is 3. The van der Waals surface area contributed by atoms with E-state index in [2.05, 4.69) is 4.74 Å². The minimum absolute atomic E-state index is 0.00764. The van der Waals surface area contributed by atoms with Crippen LogP contribution in [0.1, 0.15) is 10.4 Å². The molecule has 0 unspecified atom stereocenters. The van der Waals surface area contributed by atoms with E-state index in [0.717, 1.165) is 0 Å². The Morgan fingerprint density at radius 2 is 2.07 bits per heavy atom. The molecule has 0 atom stereocenters. The molecule has 2 nitrogen and oxygen atoms in total. The standard InChI is InChI=1S/C9H6ClF3O2/c10-7-1-2-8(6(3-7)4-14)15-5-9(11,12)13/h1-4H,5H2. The molecule has 0 N–H and O–H groups in total. The van der Waals surface area contributed by atoms with Crippen molar-refractivity contribution in [2.75, 3.05) is 6.61 Å². The molecule has 1 aromatic rings. The Balaban J connectivity index is 2.81. The normalized spacial score (nSPS) is 11.2. The molecule has 0 saturated heterocycles. The molecule has 15 heavy (non-hydrogen) atoms. The highest BCUT2D eigenvalue weighted by Crippen LogP contribution is 2.23. The van der Waals surface area contributed by atoms with Crippen LogP contribution in [-0.2, 0) is 0 Å². The SMILES string of the molecule is O=Cc1cc(Cl)ccc1OCC(F)(F)F. The van der Waals surface area contributed by atoms with E-state index in [4.69, 9.17) is 11.6 Å². The maximum absolute atomic E-state index is 11.8. The molecule has 0 radical (unpaired) electrons. The first-order chi connectivity index (χ1) is 6.92. The molecule has 0 aromatic heterocycles. The van der Waals surface area contributed by atoms with Gasteiger partial charge in [0.25, 0.3) is 0 Å². The zero-order chi connectivity index (χ0) is 11.5. The van der Waals surface area contributed by atoms with Gasteiger partial charge in [0.15, 0.2) is 12.9 Å². The van der Waals surface area contributed by atoms with E-state index in [9.17, 15) is 18.0 Å². The van der Waals surface area contributed by atoms with Crippen LogP contribution in [0.2, 0.25) is 5.02 Å². The Bertz CT molecular complexity index is 363. The van der Waals surface area contributed by atoms with Gasteiger partial charge in [-0.2, -0.15) is 13.2 Å². The number of halogens is 4. The van der Waals surface area contributed by atoms with Crippen LogP contribution in [0, 0.1) is 0 Å². The molecule has 6 heteroatoms. The predicted molar refractivity (Wildman–Crippen MR) is 48.4 cm³/mol. The van der Waals surface area contributed by atoms with E-state index < -0.39 is 12.8 Å². The third-order valence-electron chi connectivity index (χ3n) is 1.49. The van der Waals surface area contributed by atoms with Crippen LogP contribution in [0.4, 0.5) is 13.2 Å². The number of hydrogen-bond donors (Lipinski definition) is 0. The fourth-order valence-corrected chi connectivity index (χ4v) is 1.08. The first-order valence-electron chi connectivity index (χ1n) is 3.86. The van der Waals surface area contributed by atoms with Gasteiger partial charge in [-0.3, -0.25) is 4.79 Å². The minimum Gasteiger partial charge on any atom is -0.483 e. The number of rotatable bonds is 3. The molecule has 0 bridgehead atoms. The molecule has 1 rings (SSSR count). The molecule has 0 aliphatic rings. The van der Waals surface area contributed by atoms with Crippen molar-refractivity contribution < 1.29 is 22.7 Å². The maximum atomic E-state index is 11.8. The van der Waals surface area contributed by atoms with Crippen molar-refractivity contribution in [2.45, 2.75) is 6.18 Å². The number of ether oxygens (including phenoxy) is 1. The molecule has 1 aromatic carbocycles. The van der Waals surface area contributed by atoms with Gasteiger partial charge in [0.05, 0.1) is 5.56 Å².